The maximum atomic E-state index is 11.7. The van der Waals surface area contributed by atoms with Crippen LogP contribution in [0.5, 0.6) is 0 Å². The van der Waals surface area contributed by atoms with Gasteiger partial charge in [0.25, 0.3) is 5.91 Å². The lowest BCUT2D eigenvalue weighted by Crippen LogP contribution is -2.42. The summed E-state index contributed by atoms with van der Waals surface area (Å²) in [5, 5.41) is 11.3. The number of amides is 1. The monoisotopic (exact) mass is 296 g/mol. The summed E-state index contributed by atoms with van der Waals surface area (Å²) in [6.45, 7) is 5.68. The van der Waals surface area contributed by atoms with E-state index in [0.29, 0.717) is 12.6 Å². The number of nitrogens with zero attached hydrogens (tertiary/aromatic N) is 1. The quantitative estimate of drug-likeness (QED) is 0.408. The first-order valence-corrected chi connectivity index (χ1v) is 7.84. The lowest BCUT2D eigenvalue weighted by atomic mass is 10.3. The lowest BCUT2D eigenvalue weighted by Gasteiger charge is -2.16. The van der Waals surface area contributed by atoms with Gasteiger partial charge in [0.15, 0.2) is 5.96 Å². The molecule has 0 fully saturated rings. The molecule has 0 aromatic carbocycles. The van der Waals surface area contributed by atoms with E-state index in [-0.39, 0.29) is 5.91 Å². The number of hydrogen-bond acceptors (Lipinski definition) is 3. The van der Waals surface area contributed by atoms with Gasteiger partial charge in [-0.15, -0.1) is 11.3 Å². The van der Waals surface area contributed by atoms with Crippen LogP contribution in [-0.4, -0.2) is 38.0 Å². The van der Waals surface area contributed by atoms with E-state index in [1.165, 1.54) is 11.3 Å². The Labute approximate surface area is 124 Å². The molecule has 6 heteroatoms. The van der Waals surface area contributed by atoms with E-state index in [1.807, 2.05) is 17.5 Å². The van der Waals surface area contributed by atoms with Gasteiger partial charge in [-0.05, 0) is 31.2 Å². The topological polar surface area (TPSA) is 65.5 Å². The smallest absolute Gasteiger partial charge is 0.261 e. The van der Waals surface area contributed by atoms with E-state index < -0.39 is 0 Å². The molecule has 0 radical (unpaired) electrons. The third kappa shape index (κ3) is 6.06. The molecule has 0 aliphatic rings. The summed E-state index contributed by atoms with van der Waals surface area (Å²) >= 11 is 1.46. The number of thiophene rings is 1. The van der Waals surface area contributed by atoms with Crippen LogP contribution in [0.3, 0.4) is 0 Å². The number of carbonyl (C=O) groups is 1. The van der Waals surface area contributed by atoms with Crippen LogP contribution >= 0.6 is 11.3 Å². The van der Waals surface area contributed by atoms with Crippen LogP contribution in [0.15, 0.2) is 22.5 Å². The summed E-state index contributed by atoms with van der Waals surface area (Å²) in [6.07, 6.45) is 1.91. The molecule has 0 bridgehead atoms. The molecule has 112 valence electrons. The highest BCUT2D eigenvalue weighted by Gasteiger charge is 2.05. The fraction of sp³-hybridized carbons (Fsp3) is 0.571. The molecule has 1 aromatic rings. The van der Waals surface area contributed by atoms with E-state index in [4.69, 9.17) is 0 Å². The Morgan fingerprint density at radius 3 is 2.75 bits per heavy atom. The summed E-state index contributed by atoms with van der Waals surface area (Å²) in [7, 11) is 1.76. The van der Waals surface area contributed by atoms with Crippen molar-refractivity contribution < 1.29 is 4.79 Å². The van der Waals surface area contributed by atoms with Crippen molar-refractivity contribution in [1.29, 1.82) is 0 Å². The molecule has 1 atom stereocenters. The van der Waals surface area contributed by atoms with Crippen LogP contribution in [0.25, 0.3) is 0 Å². The van der Waals surface area contributed by atoms with Crippen molar-refractivity contribution in [2.45, 2.75) is 32.7 Å². The molecule has 3 N–H and O–H groups in total. The minimum Gasteiger partial charge on any atom is -0.356 e. The van der Waals surface area contributed by atoms with Gasteiger partial charge in [-0.25, -0.2) is 0 Å². The largest absolute Gasteiger partial charge is 0.356 e. The van der Waals surface area contributed by atoms with Gasteiger partial charge in [-0.1, -0.05) is 13.0 Å². The fourth-order valence-electron chi connectivity index (χ4n) is 1.52. The van der Waals surface area contributed by atoms with Crippen molar-refractivity contribution >= 4 is 23.2 Å². The van der Waals surface area contributed by atoms with Crippen molar-refractivity contribution in [3.05, 3.63) is 22.4 Å². The van der Waals surface area contributed by atoms with Gasteiger partial charge in [-0.2, -0.15) is 0 Å². The summed E-state index contributed by atoms with van der Waals surface area (Å²) in [5.41, 5.74) is 0. The Hall–Kier alpha value is -1.56. The SMILES string of the molecule is CCC(C)NC(=NC)NCCCNC(=O)c1cccs1. The highest BCUT2D eigenvalue weighted by atomic mass is 32.1. The molecule has 1 amide bonds. The van der Waals surface area contributed by atoms with Crippen molar-refractivity contribution in [3.8, 4) is 0 Å². The predicted octanol–water partition coefficient (Wildman–Crippen LogP) is 1.83. The van der Waals surface area contributed by atoms with Gasteiger partial charge in [0, 0.05) is 26.2 Å². The highest BCUT2D eigenvalue weighted by molar-refractivity contribution is 7.12. The van der Waals surface area contributed by atoms with Gasteiger partial charge in [0.05, 0.1) is 4.88 Å². The molecule has 0 saturated carbocycles. The number of hydrogen-bond donors (Lipinski definition) is 3. The summed E-state index contributed by atoms with van der Waals surface area (Å²) < 4.78 is 0. The number of rotatable bonds is 7. The molecule has 20 heavy (non-hydrogen) atoms. The van der Waals surface area contributed by atoms with E-state index in [0.717, 1.165) is 30.2 Å². The zero-order chi connectivity index (χ0) is 14.8. The standard InChI is InChI=1S/C14H24N4OS/c1-4-11(2)18-14(15-3)17-9-6-8-16-13(19)12-7-5-10-20-12/h5,7,10-11H,4,6,8-9H2,1-3H3,(H,16,19)(H2,15,17,18). The van der Waals surface area contributed by atoms with Crippen LogP contribution in [0.2, 0.25) is 0 Å². The first-order valence-electron chi connectivity index (χ1n) is 6.96. The van der Waals surface area contributed by atoms with Crippen molar-refractivity contribution in [1.82, 2.24) is 16.0 Å². The Bertz CT molecular complexity index is 417. The predicted molar refractivity (Wildman–Crippen MR) is 85.5 cm³/mol. The summed E-state index contributed by atoms with van der Waals surface area (Å²) in [4.78, 5) is 16.6. The average molecular weight is 296 g/mol. The Kier molecular flexibility index (Phi) is 7.72. The Morgan fingerprint density at radius 2 is 2.15 bits per heavy atom. The van der Waals surface area contributed by atoms with Crippen LogP contribution in [0.4, 0.5) is 0 Å². The molecule has 5 nitrogen and oxygen atoms in total. The summed E-state index contributed by atoms with van der Waals surface area (Å²) in [5.74, 6) is 0.811. The molecule has 0 spiro atoms. The second-order valence-corrected chi connectivity index (χ2v) is 5.49. The second kappa shape index (κ2) is 9.36. The second-order valence-electron chi connectivity index (χ2n) is 4.54. The fourth-order valence-corrected chi connectivity index (χ4v) is 2.16. The van der Waals surface area contributed by atoms with E-state index in [9.17, 15) is 4.79 Å². The minimum absolute atomic E-state index is 0.00196. The summed E-state index contributed by atoms with van der Waals surface area (Å²) in [6, 6.07) is 4.11. The first-order chi connectivity index (χ1) is 9.67. The molecular formula is C14H24N4OS. The van der Waals surface area contributed by atoms with Crippen LogP contribution in [0, 0.1) is 0 Å². The number of nitrogens with one attached hydrogen (secondary N) is 3. The number of aliphatic imine (C=N–C) groups is 1. The number of guanidine groups is 1. The maximum Gasteiger partial charge on any atom is 0.261 e. The van der Waals surface area contributed by atoms with Crippen LogP contribution in [0.1, 0.15) is 36.4 Å². The van der Waals surface area contributed by atoms with Crippen LogP contribution in [-0.2, 0) is 0 Å². The molecule has 1 aromatic heterocycles. The molecule has 1 unspecified atom stereocenters. The van der Waals surface area contributed by atoms with E-state index in [2.05, 4.69) is 34.8 Å². The zero-order valence-corrected chi connectivity index (χ0v) is 13.2. The van der Waals surface area contributed by atoms with Gasteiger partial charge < -0.3 is 16.0 Å². The molecular weight excluding hydrogens is 272 g/mol. The molecule has 0 aliphatic heterocycles. The van der Waals surface area contributed by atoms with Gasteiger partial charge in [-0.3, -0.25) is 9.79 Å². The molecule has 1 rings (SSSR count). The van der Waals surface area contributed by atoms with Crippen molar-refractivity contribution in [2.24, 2.45) is 4.99 Å². The highest BCUT2D eigenvalue weighted by Crippen LogP contribution is 2.07. The van der Waals surface area contributed by atoms with E-state index >= 15 is 0 Å². The molecule has 0 saturated heterocycles. The van der Waals surface area contributed by atoms with Crippen molar-refractivity contribution in [2.75, 3.05) is 20.1 Å². The zero-order valence-electron chi connectivity index (χ0n) is 12.4. The van der Waals surface area contributed by atoms with Crippen molar-refractivity contribution in [3.63, 3.8) is 0 Å². The molecule has 0 aliphatic carbocycles. The molecule has 1 heterocycles. The van der Waals surface area contributed by atoms with Gasteiger partial charge in [0.1, 0.15) is 0 Å². The number of carbonyl (C=O) groups excluding carboxylic acids is 1. The lowest BCUT2D eigenvalue weighted by molar-refractivity contribution is 0.0957. The average Bonchev–Trinajstić information content (AvgIpc) is 2.99. The first kappa shape index (κ1) is 16.5. The maximum absolute atomic E-state index is 11.7. The van der Waals surface area contributed by atoms with E-state index in [1.54, 1.807) is 7.05 Å². The normalized spacial score (nSPS) is 12.8. The Morgan fingerprint density at radius 1 is 1.40 bits per heavy atom. The van der Waals surface area contributed by atoms with Crippen LogP contribution < -0.4 is 16.0 Å². The van der Waals surface area contributed by atoms with Gasteiger partial charge >= 0.3 is 0 Å². The Balaban J connectivity index is 2.13. The van der Waals surface area contributed by atoms with Gasteiger partial charge in [0.2, 0.25) is 0 Å². The third-order valence-electron chi connectivity index (χ3n) is 2.90. The third-order valence-corrected chi connectivity index (χ3v) is 3.76. The minimum atomic E-state index is 0.00196.